The average molecular weight is 422 g/mol. The molecule has 3 rings (SSSR count). The predicted octanol–water partition coefficient (Wildman–Crippen LogP) is 1.88. The monoisotopic (exact) mass is 422 g/mol. The minimum Gasteiger partial charge on any atom is -0.475 e. The maximum Gasteiger partial charge on any atom is 0.490 e. The molecule has 1 aliphatic heterocycles. The molecular formula is C19H17F3N4O4. The lowest BCUT2D eigenvalue weighted by molar-refractivity contribution is -0.192. The Morgan fingerprint density at radius 3 is 2.23 bits per heavy atom. The van der Waals surface area contributed by atoms with Crippen LogP contribution in [0.2, 0.25) is 0 Å². The molecule has 8 nitrogen and oxygen atoms in total. The van der Waals surface area contributed by atoms with Gasteiger partial charge in [-0.2, -0.15) is 13.2 Å². The Kier molecular flexibility index (Phi) is 6.77. The molecule has 0 saturated carbocycles. The fourth-order valence-corrected chi connectivity index (χ4v) is 2.53. The zero-order valence-corrected chi connectivity index (χ0v) is 15.4. The van der Waals surface area contributed by atoms with Crippen molar-refractivity contribution in [1.29, 1.82) is 5.41 Å². The van der Waals surface area contributed by atoms with E-state index in [1.807, 2.05) is 12.1 Å². The standard InChI is InChI=1S/C17H16N4O2.C2HF3O2/c18-16(19)12-7-5-11(6-8-12)10-21-14-4-2-1-3-13(14)17(23)20-9-15(21)22;3-2(4,5)1(6)7/h1-8H,9-10H2,(H3,18,19)(H,20,23);(H,6,7). The van der Waals surface area contributed by atoms with Gasteiger partial charge in [-0.05, 0) is 17.7 Å². The third-order valence-corrected chi connectivity index (χ3v) is 3.99. The SMILES string of the molecule is N=C(N)c1ccc(CN2C(=O)CNC(=O)c3ccccc32)cc1.O=C(O)C(F)(F)F. The predicted molar refractivity (Wildman–Crippen MR) is 101 cm³/mol. The number of halogens is 3. The van der Waals surface area contributed by atoms with Crippen molar-refractivity contribution >= 4 is 29.3 Å². The fraction of sp³-hybridized carbons (Fsp3) is 0.158. The molecule has 158 valence electrons. The molecule has 0 spiro atoms. The summed E-state index contributed by atoms with van der Waals surface area (Å²) < 4.78 is 31.7. The van der Waals surface area contributed by atoms with Gasteiger partial charge in [-0.25, -0.2) is 4.79 Å². The lowest BCUT2D eigenvalue weighted by Crippen LogP contribution is -2.36. The number of nitrogens with one attached hydrogen (secondary N) is 2. The van der Waals surface area contributed by atoms with Crippen LogP contribution in [0.15, 0.2) is 48.5 Å². The third-order valence-electron chi connectivity index (χ3n) is 3.99. The van der Waals surface area contributed by atoms with Crippen LogP contribution < -0.4 is 16.0 Å². The lowest BCUT2D eigenvalue weighted by atomic mass is 10.1. The second-order valence-electron chi connectivity index (χ2n) is 6.09. The molecule has 0 unspecified atom stereocenters. The number of carboxylic acid groups (broad SMARTS) is 1. The van der Waals surface area contributed by atoms with Crippen molar-refractivity contribution < 1.29 is 32.7 Å². The van der Waals surface area contributed by atoms with Crippen LogP contribution in [-0.2, 0) is 16.1 Å². The number of para-hydroxylation sites is 1. The number of fused-ring (bicyclic) bond motifs is 1. The first-order valence-corrected chi connectivity index (χ1v) is 8.41. The Bertz CT molecular complexity index is 974. The van der Waals surface area contributed by atoms with Crippen molar-refractivity contribution in [3.63, 3.8) is 0 Å². The number of aliphatic carboxylic acids is 1. The van der Waals surface area contributed by atoms with E-state index in [1.165, 1.54) is 0 Å². The van der Waals surface area contributed by atoms with E-state index in [1.54, 1.807) is 41.3 Å². The first kappa shape index (κ1) is 22.4. The van der Waals surface area contributed by atoms with E-state index in [4.69, 9.17) is 21.0 Å². The molecule has 0 fully saturated rings. The number of hydrogen-bond acceptors (Lipinski definition) is 4. The number of carbonyl (C=O) groups excluding carboxylic acids is 2. The molecular weight excluding hydrogens is 405 g/mol. The molecule has 2 aromatic rings. The zero-order valence-electron chi connectivity index (χ0n) is 15.4. The number of nitrogens with two attached hydrogens (primary N) is 1. The first-order valence-electron chi connectivity index (χ1n) is 8.41. The van der Waals surface area contributed by atoms with Crippen molar-refractivity contribution in [2.45, 2.75) is 12.7 Å². The number of amides is 2. The van der Waals surface area contributed by atoms with Crippen molar-refractivity contribution in [3.8, 4) is 0 Å². The molecule has 0 aromatic heterocycles. The van der Waals surface area contributed by atoms with Gasteiger partial charge in [0.05, 0.1) is 24.3 Å². The van der Waals surface area contributed by atoms with Gasteiger partial charge < -0.3 is 21.1 Å². The minimum atomic E-state index is -5.08. The number of hydrogen-bond donors (Lipinski definition) is 4. The van der Waals surface area contributed by atoms with Gasteiger partial charge in [-0.3, -0.25) is 15.0 Å². The Labute approximate surface area is 168 Å². The number of amidine groups is 1. The van der Waals surface area contributed by atoms with Gasteiger partial charge in [-0.15, -0.1) is 0 Å². The normalized spacial score (nSPS) is 13.4. The van der Waals surface area contributed by atoms with E-state index in [-0.39, 0.29) is 24.2 Å². The number of nitrogen functional groups attached to an aromatic ring is 1. The van der Waals surface area contributed by atoms with Crippen molar-refractivity contribution in [3.05, 3.63) is 65.2 Å². The number of nitrogens with zero attached hydrogens (tertiary/aromatic N) is 1. The van der Waals surface area contributed by atoms with Crippen LogP contribution in [0.1, 0.15) is 21.5 Å². The van der Waals surface area contributed by atoms with E-state index in [0.29, 0.717) is 23.4 Å². The highest BCUT2D eigenvalue weighted by Gasteiger charge is 2.38. The van der Waals surface area contributed by atoms with Gasteiger partial charge >= 0.3 is 12.1 Å². The summed E-state index contributed by atoms with van der Waals surface area (Å²) in [6, 6.07) is 14.2. The maximum absolute atomic E-state index is 12.4. The summed E-state index contributed by atoms with van der Waals surface area (Å²) in [4.78, 5) is 34.9. The van der Waals surface area contributed by atoms with E-state index in [2.05, 4.69) is 5.32 Å². The largest absolute Gasteiger partial charge is 0.490 e. The second kappa shape index (κ2) is 9.07. The highest BCUT2D eigenvalue weighted by Crippen LogP contribution is 2.24. The molecule has 1 aliphatic rings. The third kappa shape index (κ3) is 5.56. The lowest BCUT2D eigenvalue weighted by Gasteiger charge is -2.22. The summed E-state index contributed by atoms with van der Waals surface area (Å²) in [7, 11) is 0. The van der Waals surface area contributed by atoms with E-state index >= 15 is 0 Å². The van der Waals surface area contributed by atoms with Crippen LogP contribution in [0.3, 0.4) is 0 Å². The number of rotatable bonds is 3. The molecule has 1 heterocycles. The van der Waals surface area contributed by atoms with Crippen molar-refractivity contribution in [2.75, 3.05) is 11.4 Å². The summed E-state index contributed by atoms with van der Waals surface area (Å²) in [6.07, 6.45) is -5.08. The molecule has 0 radical (unpaired) electrons. The minimum absolute atomic E-state index is 0.00235. The second-order valence-corrected chi connectivity index (χ2v) is 6.09. The number of carbonyl (C=O) groups is 3. The molecule has 0 aliphatic carbocycles. The Morgan fingerprint density at radius 1 is 1.13 bits per heavy atom. The van der Waals surface area contributed by atoms with Crippen LogP contribution in [-0.4, -0.2) is 41.4 Å². The van der Waals surface area contributed by atoms with Gasteiger partial charge in [0, 0.05) is 5.56 Å². The van der Waals surface area contributed by atoms with Gasteiger partial charge in [0.1, 0.15) is 5.84 Å². The van der Waals surface area contributed by atoms with Gasteiger partial charge in [0.2, 0.25) is 5.91 Å². The van der Waals surface area contributed by atoms with Crippen LogP contribution >= 0.6 is 0 Å². The summed E-state index contributed by atoms with van der Waals surface area (Å²) >= 11 is 0. The van der Waals surface area contributed by atoms with Crippen LogP contribution in [0.25, 0.3) is 0 Å². The Hall–Kier alpha value is -3.89. The fourth-order valence-electron chi connectivity index (χ4n) is 2.53. The average Bonchev–Trinajstić information content (AvgIpc) is 2.80. The Morgan fingerprint density at radius 2 is 1.70 bits per heavy atom. The molecule has 11 heteroatoms. The van der Waals surface area contributed by atoms with E-state index in [0.717, 1.165) is 5.56 Å². The molecule has 30 heavy (non-hydrogen) atoms. The number of anilines is 1. The van der Waals surface area contributed by atoms with Gasteiger partial charge in [0.25, 0.3) is 5.91 Å². The highest BCUT2D eigenvalue weighted by atomic mass is 19.4. The Balaban J connectivity index is 0.000000396. The topological polar surface area (TPSA) is 137 Å². The molecule has 0 saturated heterocycles. The summed E-state index contributed by atoms with van der Waals surface area (Å²) in [5.74, 6) is -3.17. The molecule has 5 N–H and O–H groups in total. The molecule has 2 aromatic carbocycles. The van der Waals surface area contributed by atoms with Crippen LogP contribution in [0.4, 0.5) is 18.9 Å². The van der Waals surface area contributed by atoms with Gasteiger partial charge in [-0.1, -0.05) is 36.4 Å². The van der Waals surface area contributed by atoms with E-state index in [9.17, 15) is 22.8 Å². The number of benzene rings is 2. The van der Waals surface area contributed by atoms with Crippen LogP contribution in [0, 0.1) is 5.41 Å². The molecule has 0 bridgehead atoms. The van der Waals surface area contributed by atoms with Crippen molar-refractivity contribution in [2.24, 2.45) is 5.73 Å². The summed E-state index contributed by atoms with van der Waals surface area (Å²) in [5, 5.41) is 17.1. The molecule has 0 atom stereocenters. The zero-order chi connectivity index (χ0) is 22.5. The van der Waals surface area contributed by atoms with Crippen molar-refractivity contribution in [1.82, 2.24) is 5.32 Å². The maximum atomic E-state index is 12.4. The quantitative estimate of drug-likeness (QED) is 0.442. The number of alkyl halides is 3. The number of carboxylic acids is 1. The van der Waals surface area contributed by atoms with Gasteiger partial charge in [0.15, 0.2) is 0 Å². The first-order chi connectivity index (χ1) is 14.0. The van der Waals surface area contributed by atoms with E-state index < -0.39 is 12.1 Å². The summed E-state index contributed by atoms with van der Waals surface area (Å²) in [6.45, 7) is 0.321. The smallest absolute Gasteiger partial charge is 0.475 e. The van der Waals surface area contributed by atoms with Crippen LogP contribution in [0.5, 0.6) is 0 Å². The molecule has 2 amide bonds. The highest BCUT2D eigenvalue weighted by molar-refractivity contribution is 6.09. The summed E-state index contributed by atoms with van der Waals surface area (Å²) in [5.41, 5.74) is 8.06.